The SMILES string of the molecule is Cc1ccc(CN2CCC(CNS(=O)(=O)c3ccc(-c4cc(C(F)(F)F)on4)s3)C2)cc1. The highest BCUT2D eigenvalue weighted by Crippen LogP contribution is 2.35. The van der Waals surface area contributed by atoms with Gasteiger partial charge >= 0.3 is 6.18 Å². The fraction of sp³-hybridized carbons (Fsp3) is 0.381. The Morgan fingerprint density at radius 2 is 1.97 bits per heavy atom. The molecule has 6 nitrogen and oxygen atoms in total. The first-order valence-electron chi connectivity index (χ1n) is 10.0. The van der Waals surface area contributed by atoms with Crippen LogP contribution in [-0.2, 0) is 22.7 Å². The van der Waals surface area contributed by atoms with Gasteiger partial charge in [0, 0.05) is 25.7 Å². The van der Waals surface area contributed by atoms with E-state index in [1.54, 1.807) is 0 Å². The van der Waals surface area contributed by atoms with Crippen LogP contribution in [0.15, 0.2) is 51.2 Å². The van der Waals surface area contributed by atoms with Gasteiger partial charge in [0.05, 0.1) is 4.88 Å². The zero-order valence-electron chi connectivity index (χ0n) is 17.2. The van der Waals surface area contributed by atoms with Gasteiger partial charge in [0.1, 0.15) is 9.90 Å². The Bertz CT molecular complexity index is 1170. The number of hydrogen-bond donors (Lipinski definition) is 1. The maximum absolute atomic E-state index is 12.7. The third-order valence-corrected chi connectivity index (χ3v) is 8.37. The van der Waals surface area contributed by atoms with Crippen LogP contribution in [-0.4, -0.2) is 38.1 Å². The summed E-state index contributed by atoms with van der Waals surface area (Å²) in [6.45, 7) is 4.88. The molecule has 1 N–H and O–H groups in total. The molecule has 1 aliphatic rings. The van der Waals surface area contributed by atoms with Crippen LogP contribution in [0.2, 0.25) is 0 Å². The van der Waals surface area contributed by atoms with Crippen molar-refractivity contribution in [2.45, 2.75) is 30.3 Å². The minimum Gasteiger partial charge on any atom is -0.351 e. The predicted molar refractivity (Wildman–Crippen MR) is 115 cm³/mol. The van der Waals surface area contributed by atoms with Gasteiger partial charge in [0.15, 0.2) is 0 Å². The van der Waals surface area contributed by atoms with Gasteiger partial charge in [-0.2, -0.15) is 13.2 Å². The molecule has 0 spiro atoms. The van der Waals surface area contributed by atoms with Gasteiger partial charge in [-0.25, -0.2) is 13.1 Å². The molecule has 172 valence electrons. The lowest BCUT2D eigenvalue weighted by Crippen LogP contribution is -2.30. The van der Waals surface area contributed by atoms with Crippen LogP contribution >= 0.6 is 11.3 Å². The van der Waals surface area contributed by atoms with Crippen LogP contribution in [0.3, 0.4) is 0 Å². The molecule has 32 heavy (non-hydrogen) atoms. The monoisotopic (exact) mass is 485 g/mol. The number of halogens is 3. The summed E-state index contributed by atoms with van der Waals surface area (Å²) in [6.07, 6.45) is -3.75. The molecule has 11 heteroatoms. The molecule has 0 aliphatic carbocycles. The normalized spacial score (nSPS) is 17.8. The van der Waals surface area contributed by atoms with Crippen molar-refractivity contribution in [1.82, 2.24) is 14.8 Å². The second-order valence-corrected chi connectivity index (χ2v) is 11.0. The van der Waals surface area contributed by atoms with E-state index in [2.05, 4.69) is 43.6 Å². The van der Waals surface area contributed by atoms with Crippen LogP contribution in [0.4, 0.5) is 13.2 Å². The van der Waals surface area contributed by atoms with Crippen molar-refractivity contribution in [2.24, 2.45) is 5.92 Å². The molecule has 3 heterocycles. The van der Waals surface area contributed by atoms with Crippen LogP contribution in [0.25, 0.3) is 10.6 Å². The summed E-state index contributed by atoms with van der Waals surface area (Å²) in [5, 5.41) is 3.40. The molecule has 0 radical (unpaired) electrons. The minimum atomic E-state index is -4.65. The van der Waals surface area contributed by atoms with Gasteiger partial charge in [0.25, 0.3) is 0 Å². The second kappa shape index (κ2) is 8.97. The molecule has 3 aromatic rings. The van der Waals surface area contributed by atoms with Crippen molar-refractivity contribution in [3.63, 3.8) is 0 Å². The summed E-state index contributed by atoms with van der Waals surface area (Å²) in [5.41, 5.74) is 2.39. The van der Waals surface area contributed by atoms with Crippen molar-refractivity contribution in [2.75, 3.05) is 19.6 Å². The summed E-state index contributed by atoms with van der Waals surface area (Å²) in [7, 11) is -3.77. The fourth-order valence-electron chi connectivity index (χ4n) is 3.60. The Kier molecular flexibility index (Phi) is 6.44. The van der Waals surface area contributed by atoms with Crippen molar-refractivity contribution in [3.8, 4) is 10.6 Å². The fourth-order valence-corrected chi connectivity index (χ4v) is 6.02. The minimum absolute atomic E-state index is 0.0265. The highest BCUT2D eigenvalue weighted by molar-refractivity contribution is 7.91. The van der Waals surface area contributed by atoms with Gasteiger partial charge in [-0.3, -0.25) is 4.90 Å². The highest BCUT2D eigenvalue weighted by atomic mass is 32.2. The van der Waals surface area contributed by atoms with E-state index in [9.17, 15) is 21.6 Å². The molecule has 1 saturated heterocycles. The van der Waals surface area contributed by atoms with Gasteiger partial charge < -0.3 is 4.52 Å². The first-order valence-corrected chi connectivity index (χ1v) is 12.3. The van der Waals surface area contributed by atoms with Crippen LogP contribution in [0.5, 0.6) is 0 Å². The number of nitrogens with one attached hydrogen (secondary N) is 1. The number of benzene rings is 1. The highest BCUT2D eigenvalue weighted by Gasteiger charge is 2.36. The average Bonchev–Trinajstić information content (AvgIpc) is 3.48. The first-order chi connectivity index (χ1) is 15.1. The number of rotatable bonds is 7. The smallest absolute Gasteiger partial charge is 0.351 e. The van der Waals surface area contributed by atoms with Crippen LogP contribution in [0, 0.1) is 12.8 Å². The number of nitrogens with zero attached hydrogens (tertiary/aromatic N) is 2. The lowest BCUT2D eigenvalue weighted by Gasteiger charge is -2.16. The van der Waals surface area contributed by atoms with Crippen LogP contribution < -0.4 is 4.72 Å². The van der Waals surface area contributed by atoms with E-state index < -0.39 is 22.0 Å². The molecular weight excluding hydrogens is 463 g/mol. The zero-order chi connectivity index (χ0) is 22.9. The van der Waals surface area contributed by atoms with Gasteiger partial charge in [-0.1, -0.05) is 35.0 Å². The Morgan fingerprint density at radius 1 is 1.22 bits per heavy atom. The molecule has 0 saturated carbocycles. The van der Waals surface area contributed by atoms with E-state index in [0.717, 1.165) is 43.5 Å². The van der Waals surface area contributed by atoms with E-state index in [1.165, 1.54) is 23.3 Å². The van der Waals surface area contributed by atoms with E-state index in [4.69, 9.17) is 0 Å². The van der Waals surface area contributed by atoms with Gasteiger partial charge in [-0.15, -0.1) is 11.3 Å². The molecule has 0 amide bonds. The van der Waals surface area contributed by atoms with Crippen molar-refractivity contribution in [1.29, 1.82) is 0 Å². The average molecular weight is 486 g/mol. The molecule has 1 fully saturated rings. The Morgan fingerprint density at radius 3 is 2.66 bits per heavy atom. The van der Waals surface area contributed by atoms with Gasteiger partial charge in [-0.05, 0) is 43.5 Å². The largest absolute Gasteiger partial charge is 0.452 e. The number of alkyl halides is 3. The topological polar surface area (TPSA) is 75.4 Å². The van der Waals surface area contributed by atoms with Crippen molar-refractivity contribution in [3.05, 3.63) is 59.4 Å². The molecule has 1 aliphatic heterocycles. The molecule has 1 aromatic carbocycles. The lowest BCUT2D eigenvalue weighted by molar-refractivity contribution is -0.155. The number of likely N-dealkylation sites (tertiary alicyclic amines) is 1. The third-order valence-electron chi connectivity index (χ3n) is 5.35. The quantitative estimate of drug-likeness (QED) is 0.532. The number of sulfonamides is 1. The van der Waals surface area contributed by atoms with E-state index in [0.29, 0.717) is 6.54 Å². The number of thiophene rings is 1. The third kappa shape index (κ3) is 5.40. The molecule has 4 rings (SSSR count). The Labute approximate surface area is 188 Å². The van der Waals surface area contributed by atoms with Crippen molar-refractivity contribution < 1.29 is 26.1 Å². The summed E-state index contributed by atoms with van der Waals surface area (Å²) in [4.78, 5) is 2.59. The number of aryl methyl sites for hydroxylation is 1. The standard InChI is InChI=1S/C21H22F3N3O3S2/c1-14-2-4-15(5-3-14)12-27-9-8-16(13-27)11-25-32(28,29)20-7-6-18(31-20)17-10-19(30-26-17)21(22,23)24/h2-7,10,16,25H,8-9,11-13H2,1H3. The Balaban J connectivity index is 1.33. The van der Waals surface area contributed by atoms with E-state index in [1.807, 2.05) is 6.92 Å². The summed E-state index contributed by atoms with van der Waals surface area (Å²) in [6, 6.07) is 11.9. The maximum atomic E-state index is 12.7. The first kappa shape index (κ1) is 23.0. The summed E-state index contributed by atoms with van der Waals surface area (Å²) < 4.78 is 70.4. The summed E-state index contributed by atoms with van der Waals surface area (Å²) in [5.74, 6) is -1.03. The van der Waals surface area contributed by atoms with Crippen LogP contribution in [0.1, 0.15) is 23.3 Å². The maximum Gasteiger partial charge on any atom is 0.452 e. The zero-order valence-corrected chi connectivity index (χ0v) is 18.9. The predicted octanol–water partition coefficient (Wildman–Crippen LogP) is 4.53. The number of aromatic nitrogens is 1. The van der Waals surface area contributed by atoms with Gasteiger partial charge in [0.2, 0.25) is 15.8 Å². The van der Waals surface area contributed by atoms with E-state index >= 15 is 0 Å². The molecule has 0 bridgehead atoms. The van der Waals surface area contributed by atoms with Crippen molar-refractivity contribution >= 4 is 21.4 Å². The molecule has 2 aromatic heterocycles. The van der Waals surface area contributed by atoms with E-state index in [-0.39, 0.29) is 20.7 Å². The molecular formula is C21H22F3N3O3S2. The number of hydrogen-bond acceptors (Lipinski definition) is 6. The Hall–Kier alpha value is -2.21. The second-order valence-electron chi connectivity index (χ2n) is 7.92. The molecule has 1 unspecified atom stereocenters. The molecule has 1 atom stereocenters. The summed E-state index contributed by atoms with van der Waals surface area (Å²) >= 11 is 0.852. The lowest BCUT2D eigenvalue weighted by atomic mass is 10.1.